The van der Waals surface area contributed by atoms with Crippen LogP contribution in [0.1, 0.15) is 21.5 Å². The fourth-order valence-electron chi connectivity index (χ4n) is 4.13. The highest BCUT2D eigenvalue weighted by Crippen LogP contribution is 2.32. The van der Waals surface area contributed by atoms with E-state index in [1.165, 1.54) is 42.5 Å². The van der Waals surface area contributed by atoms with E-state index in [2.05, 4.69) is 5.32 Å². The van der Waals surface area contributed by atoms with Gasteiger partial charge in [-0.2, -0.15) is 0 Å². The van der Waals surface area contributed by atoms with E-state index in [1.54, 1.807) is 30.3 Å². The van der Waals surface area contributed by atoms with Gasteiger partial charge in [-0.25, -0.2) is 18.9 Å². The average Bonchev–Trinajstić information content (AvgIpc) is 2.90. The largest absolute Gasteiger partial charge is 0.488 e. The highest BCUT2D eigenvalue weighted by atomic mass is 19.1. The van der Waals surface area contributed by atoms with Gasteiger partial charge in [0.1, 0.15) is 23.7 Å². The molecule has 38 heavy (non-hydrogen) atoms. The number of fused-ring (bicyclic) bond motifs is 1. The maximum absolute atomic E-state index is 13.6. The molecule has 1 aliphatic rings. The Bertz CT molecular complexity index is 1640. The molecule has 0 aliphatic carbocycles. The lowest BCUT2D eigenvalue weighted by atomic mass is 9.99. The minimum Gasteiger partial charge on any atom is -0.488 e. The van der Waals surface area contributed by atoms with E-state index in [-0.39, 0.29) is 23.4 Å². The molecule has 8 nitrogen and oxygen atoms in total. The maximum Gasteiger partial charge on any atom is 0.335 e. The number of barbiturate groups is 1. The van der Waals surface area contributed by atoms with E-state index in [9.17, 15) is 23.6 Å². The molecule has 4 amide bonds. The summed E-state index contributed by atoms with van der Waals surface area (Å²) in [5.74, 6) is -3.00. The molecule has 1 aliphatic heterocycles. The summed E-state index contributed by atoms with van der Waals surface area (Å²) >= 11 is 0. The number of benzene rings is 4. The zero-order valence-corrected chi connectivity index (χ0v) is 19.7. The Kier molecular flexibility index (Phi) is 6.40. The molecule has 1 fully saturated rings. The number of carbonyl (C=O) groups excluding carboxylic acids is 3. The monoisotopic (exact) mass is 510 g/mol. The van der Waals surface area contributed by atoms with Crippen molar-refractivity contribution >= 4 is 46.4 Å². The van der Waals surface area contributed by atoms with Crippen molar-refractivity contribution in [2.75, 3.05) is 4.90 Å². The summed E-state index contributed by atoms with van der Waals surface area (Å²) in [6.45, 7) is 0.0347. The average molecular weight is 510 g/mol. The number of halogens is 1. The van der Waals surface area contributed by atoms with E-state index in [0.717, 1.165) is 10.3 Å². The maximum atomic E-state index is 13.6. The van der Waals surface area contributed by atoms with Crippen molar-refractivity contribution in [2.45, 2.75) is 6.61 Å². The Morgan fingerprint density at radius 1 is 0.947 bits per heavy atom. The highest BCUT2D eigenvalue weighted by Gasteiger charge is 2.37. The molecular formula is C29H19FN2O6. The molecule has 0 aromatic heterocycles. The normalized spacial score (nSPS) is 14.6. The number of ether oxygens (including phenoxy) is 1. The number of aromatic carboxylic acids is 1. The molecule has 0 radical (unpaired) electrons. The second-order valence-electron chi connectivity index (χ2n) is 8.43. The number of nitrogens with zero attached hydrogens (tertiary/aromatic N) is 1. The van der Waals surface area contributed by atoms with Crippen LogP contribution in [0.25, 0.3) is 16.8 Å². The summed E-state index contributed by atoms with van der Waals surface area (Å²) in [4.78, 5) is 50.7. The molecule has 0 atom stereocenters. The van der Waals surface area contributed by atoms with Gasteiger partial charge in [0.15, 0.2) is 0 Å². The van der Waals surface area contributed by atoms with Gasteiger partial charge in [-0.05, 0) is 64.9 Å². The fraction of sp³-hybridized carbons (Fsp3) is 0.0345. The molecule has 188 valence electrons. The lowest BCUT2D eigenvalue weighted by Crippen LogP contribution is -2.54. The van der Waals surface area contributed by atoms with Crippen LogP contribution in [0.4, 0.5) is 14.9 Å². The summed E-state index contributed by atoms with van der Waals surface area (Å²) in [6.07, 6.45) is 1.35. The molecule has 0 bridgehead atoms. The van der Waals surface area contributed by atoms with Crippen LogP contribution in [0.3, 0.4) is 0 Å². The SMILES string of the molecule is O=C1NC(=O)N(c2ccc(C(=O)O)cc2)C(=O)/C1=C/c1c(OCc2cccc(F)c2)ccc2ccccc12. The van der Waals surface area contributed by atoms with E-state index in [0.29, 0.717) is 22.3 Å². The van der Waals surface area contributed by atoms with E-state index >= 15 is 0 Å². The van der Waals surface area contributed by atoms with Gasteiger partial charge in [0.05, 0.1) is 11.3 Å². The minimum atomic E-state index is -1.16. The molecule has 9 heteroatoms. The number of carboxylic acids is 1. The van der Waals surface area contributed by atoms with Crippen molar-refractivity contribution in [3.8, 4) is 5.75 Å². The Morgan fingerprint density at radius 2 is 1.71 bits per heavy atom. The van der Waals surface area contributed by atoms with Crippen molar-refractivity contribution in [1.29, 1.82) is 0 Å². The first-order chi connectivity index (χ1) is 18.3. The molecule has 5 rings (SSSR count). The third-order valence-corrected chi connectivity index (χ3v) is 5.98. The highest BCUT2D eigenvalue weighted by molar-refractivity contribution is 6.39. The number of urea groups is 1. The van der Waals surface area contributed by atoms with Crippen LogP contribution in [0.15, 0.2) is 90.5 Å². The van der Waals surface area contributed by atoms with E-state index < -0.39 is 29.6 Å². The first kappa shape index (κ1) is 24.4. The van der Waals surface area contributed by atoms with Crippen molar-refractivity contribution < 1.29 is 33.4 Å². The number of nitrogens with one attached hydrogen (secondary N) is 1. The van der Waals surface area contributed by atoms with Crippen LogP contribution in [0.2, 0.25) is 0 Å². The quantitative estimate of drug-likeness (QED) is 0.281. The predicted octanol–water partition coefficient (Wildman–Crippen LogP) is 4.92. The third kappa shape index (κ3) is 4.72. The standard InChI is InChI=1S/C29H19FN2O6/c30-20-6-3-4-17(14-20)16-38-25-13-10-18-5-1-2-7-22(18)23(25)15-24-26(33)31-29(37)32(27(24)34)21-11-8-19(9-12-21)28(35)36/h1-15H,16H2,(H,35,36)(H,31,33,37)/b24-15+. The molecule has 1 heterocycles. The van der Waals surface area contributed by atoms with Crippen LogP contribution in [-0.2, 0) is 16.2 Å². The summed E-state index contributed by atoms with van der Waals surface area (Å²) < 4.78 is 19.6. The second kappa shape index (κ2) is 9.98. The molecule has 4 aromatic carbocycles. The van der Waals surface area contributed by atoms with Gasteiger partial charge in [-0.1, -0.05) is 42.5 Å². The number of imide groups is 2. The van der Waals surface area contributed by atoms with Crippen molar-refractivity contribution in [3.63, 3.8) is 0 Å². The van der Waals surface area contributed by atoms with E-state index in [4.69, 9.17) is 9.84 Å². The smallest absolute Gasteiger partial charge is 0.335 e. The number of rotatable bonds is 6. The van der Waals surface area contributed by atoms with Gasteiger partial charge < -0.3 is 9.84 Å². The lowest BCUT2D eigenvalue weighted by Gasteiger charge is -2.26. The number of carbonyl (C=O) groups is 4. The summed E-state index contributed by atoms with van der Waals surface area (Å²) in [6, 6.07) is 20.9. The number of carboxylic acid groups (broad SMARTS) is 1. The Hall–Kier alpha value is -5.31. The summed E-state index contributed by atoms with van der Waals surface area (Å²) in [7, 11) is 0. The topological polar surface area (TPSA) is 113 Å². The number of hydrogen-bond acceptors (Lipinski definition) is 5. The fourth-order valence-corrected chi connectivity index (χ4v) is 4.13. The summed E-state index contributed by atoms with van der Waals surface area (Å²) in [5.41, 5.74) is 0.759. The van der Waals surface area contributed by atoms with Gasteiger partial charge in [-0.3, -0.25) is 14.9 Å². The third-order valence-electron chi connectivity index (χ3n) is 5.98. The van der Waals surface area contributed by atoms with Crippen molar-refractivity contribution in [3.05, 3.63) is 113 Å². The zero-order chi connectivity index (χ0) is 26.8. The Morgan fingerprint density at radius 3 is 2.45 bits per heavy atom. The molecule has 0 spiro atoms. The van der Waals surface area contributed by atoms with Gasteiger partial charge in [-0.15, -0.1) is 0 Å². The molecule has 2 N–H and O–H groups in total. The summed E-state index contributed by atoms with van der Waals surface area (Å²) in [5, 5.41) is 12.8. The van der Waals surface area contributed by atoms with Crippen LogP contribution in [-0.4, -0.2) is 28.9 Å². The number of amides is 4. The molecule has 0 unspecified atom stereocenters. The van der Waals surface area contributed by atoms with Crippen molar-refractivity contribution in [1.82, 2.24) is 5.32 Å². The van der Waals surface area contributed by atoms with Gasteiger partial charge in [0.2, 0.25) is 0 Å². The van der Waals surface area contributed by atoms with Gasteiger partial charge in [0, 0.05) is 5.56 Å². The van der Waals surface area contributed by atoms with Gasteiger partial charge in [0.25, 0.3) is 11.8 Å². The van der Waals surface area contributed by atoms with E-state index in [1.807, 2.05) is 18.2 Å². The predicted molar refractivity (Wildman–Crippen MR) is 137 cm³/mol. The Balaban J connectivity index is 1.56. The minimum absolute atomic E-state index is 0.0266. The van der Waals surface area contributed by atoms with Crippen LogP contribution in [0, 0.1) is 5.82 Å². The molecule has 4 aromatic rings. The zero-order valence-electron chi connectivity index (χ0n) is 19.7. The Labute approximate surface area is 215 Å². The van der Waals surface area contributed by atoms with Crippen LogP contribution >= 0.6 is 0 Å². The first-order valence-electron chi connectivity index (χ1n) is 11.5. The number of anilines is 1. The molecule has 1 saturated heterocycles. The second-order valence-corrected chi connectivity index (χ2v) is 8.43. The van der Waals surface area contributed by atoms with Crippen molar-refractivity contribution in [2.24, 2.45) is 0 Å². The number of hydrogen-bond donors (Lipinski definition) is 2. The van der Waals surface area contributed by atoms with Gasteiger partial charge >= 0.3 is 12.0 Å². The molecular weight excluding hydrogens is 491 g/mol. The lowest BCUT2D eigenvalue weighted by molar-refractivity contribution is -0.122. The first-order valence-corrected chi connectivity index (χ1v) is 11.5. The van der Waals surface area contributed by atoms with Crippen LogP contribution in [0.5, 0.6) is 5.75 Å². The molecule has 0 saturated carbocycles. The van der Waals surface area contributed by atoms with Crippen LogP contribution < -0.4 is 15.0 Å².